The van der Waals surface area contributed by atoms with Gasteiger partial charge in [-0.25, -0.2) is 0 Å². The normalized spacial score (nSPS) is 12.1. The predicted octanol–water partition coefficient (Wildman–Crippen LogP) is 8.31. The molecule has 0 spiro atoms. The average molecular weight is 1250 g/mol. The van der Waals surface area contributed by atoms with Crippen LogP contribution in [0, 0.1) is 21.7 Å². The number of carbonyl (C=O) groups excluding carboxylic acids is 9. The molecule has 9 N–H and O–H groups in total. The summed E-state index contributed by atoms with van der Waals surface area (Å²) in [6, 6.07) is 0. The van der Waals surface area contributed by atoms with Crippen molar-refractivity contribution in [2.75, 3.05) is 92.0 Å². The van der Waals surface area contributed by atoms with Gasteiger partial charge in [0.05, 0.1) is 32.0 Å². The highest BCUT2D eigenvalue weighted by atomic mass is 16.5. The molecule has 9 amide bonds. The van der Waals surface area contributed by atoms with Crippen molar-refractivity contribution >= 4 is 53.2 Å². The van der Waals surface area contributed by atoms with E-state index in [0.717, 1.165) is 83.5 Å². The fraction of sp³-hybridized carbons (Fsp3) is 0.836. The van der Waals surface area contributed by atoms with Crippen LogP contribution in [-0.2, 0) is 57.4 Å². The Balaban J connectivity index is 5.73. The highest BCUT2D eigenvalue weighted by Gasteiger charge is 2.33. The van der Waals surface area contributed by atoms with Crippen molar-refractivity contribution in [3.8, 4) is 0 Å². The Morgan fingerprint density at radius 3 is 1.01 bits per heavy atom. The van der Waals surface area contributed by atoms with Gasteiger partial charge in [-0.15, -0.1) is 0 Å². The molecule has 0 fully saturated rings. The molecule has 0 aromatic rings. The van der Waals surface area contributed by atoms with E-state index < -0.39 is 5.54 Å². The molecule has 0 aliphatic carbocycles. The number of amides is 9. The molecule has 0 bridgehead atoms. The van der Waals surface area contributed by atoms with Gasteiger partial charge in [-0.1, -0.05) is 121 Å². The summed E-state index contributed by atoms with van der Waals surface area (Å²) in [5, 5.41) is 26.2. The average Bonchev–Trinajstić information content (AvgIpc) is 3.64. The zero-order chi connectivity index (χ0) is 66.2. The maximum Gasteiger partial charge on any atom is 0.245 e. The zero-order valence-electron chi connectivity index (χ0n) is 57.1. The number of unbranched alkanes of at least 4 members (excludes halogenated alkanes) is 6. The number of allylic oxidation sites excluding steroid dienone is 1. The molecule has 0 aliphatic heterocycles. The van der Waals surface area contributed by atoms with Crippen molar-refractivity contribution in [1.82, 2.24) is 47.9 Å². The summed E-state index contributed by atoms with van der Waals surface area (Å²) >= 11 is 0. The van der Waals surface area contributed by atoms with Crippen LogP contribution in [0.15, 0.2) is 12.2 Å². The van der Waals surface area contributed by atoms with Gasteiger partial charge >= 0.3 is 0 Å². The quantitative estimate of drug-likeness (QED) is 0.0205. The lowest BCUT2D eigenvalue weighted by Crippen LogP contribution is -2.56. The van der Waals surface area contributed by atoms with Gasteiger partial charge in [0.15, 0.2) is 0 Å². The molecule has 0 atom stereocenters. The van der Waals surface area contributed by atoms with E-state index in [1.807, 2.05) is 26.8 Å². The number of ether oxygens (including phenoxy) is 3. The van der Waals surface area contributed by atoms with Gasteiger partial charge < -0.3 is 62.1 Å². The van der Waals surface area contributed by atoms with Crippen molar-refractivity contribution in [2.45, 2.75) is 249 Å². The number of carbonyl (C=O) groups is 9. The van der Waals surface area contributed by atoms with E-state index in [0.29, 0.717) is 90.9 Å². The van der Waals surface area contributed by atoms with Crippen molar-refractivity contribution in [3.05, 3.63) is 12.2 Å². The molecule has 0 radical (unpaired) electrons. The van der Waals surface area contributed by atoms with E-state index in [1.54, 1.807) is 6.08 Å². The summed E-state index contributed by atoms with van der Waals surface area (Å²) in [6.45, 7) is 28.6. The minimum Gasteiger partial charge on any atom is -0.378 e. The van der Waals surface area contributed by atoms with Crippen molar-refractivity contribution in [1.29, 1.82) is 0 Å². The Bertz CT molecular complexity index is 1850. The lowest BCUT2D eigenvalue weighted by molar-refractivity contribution is -0.130. The van der Waals surface area contributed by atoms with Gasteiger partial charge in [-0.3, -0.25) is 43.2 Å². The molecule has 0 rings (SSSR count). The molecule has 0 aromatic carbocycles. The summed E-state index contributed by atoms with van der Waals surface area (Å²) in [4.78, 5) is 114. The van der Waals surface area contributed by atoms with Crippen molar-refractivity contribution in [3.63, 3.8) is 0 Å². The molecule has 0 aromatic heterocycles. The monoisotopic (exact) mass is 1250 g/mol. The predicted molar refractivity (Wildman–Crippen MR) is 350 cm³/mol. The second kappa shape index (κ2) is 48.7. The standard InChI is InChI=1S/C67H125N9O12/c1-63(2,3)35-18-15-27-54(77)70-42-24-45-73-59(82)33-48-87-52-67(39-50-86-51-62(85)75-47-26-44-72-56(79)29-17-20-37-65(7,8)9,53-88-49-34-60(83)74-46-25-43-71-55(78)28-16-19-36-64(4,5)6)76-61(84)31-23-30-57(80)68-40-21-13-14-22-41-69-58(81)32-38-66(10,11)12/h32,38H,13-31,33-37,39-53H2,1-12H3,(H,68,80)(H,69,81)(H,70,77)(H,71,78)(H,72,79)(H,73,82)(H,74,83)(H,75,85)(H,76,84)/b38-32+. The Morgan fingerprint density at radius 2 is 0.636 bits per heavy atom. The highest BCUT2D eigenvalue weighted by Crippen LogP contribution is 2.24. The van der Waals surface area contributed by atoms with Crippen LogP contribution in [0.4, 0.5) is 0 Å². The number of hydrogen-bond acceptors (Lipinski definition) is 12. The smallest absolute Gasteiger partial charge is 0.245 e. The van der Waals surface area contributed by atoms with Crippen LogP contribution < -0.4 is 47.9 Å². The maximum atomic E-state index is 13.8. The molecular formula is C67H125N9O12. The van der Waals surface area contributed by atoms with E-state index in [9.17, 15) is 43.2 Å². The number of nitrogens with one attached hydrogen (secondary N) is 9. The minimum absolute atomic E-state index is 0.00706. The van der Waals surface area contributed by atoms with Gasteiger partial charge in [0.2, 0.25) is 53.2 Å². The second-order valence-corrected chi connectivity index (χ2v) is 28.3. The van der Waals surface area contributed by atoms with Gasteiger partial charge in [0, 0.05) is 104 Å². The van der Waals surface area contributed by atoms with Gasteiger partial charge in [-0.05, 0) is 111 Å². The Hall–Kier alpha value is -5.15. The summed E-state index contributed by atoms with van der Waals surface area (Å²) in [5.74, 6) is -1.59. The zero-order valence-corrected chi connectivity index (χ0v) is 57.1. The van der Waals surface area contributed by atoms with Crippen molar-refractivity contribution in [2.24, 2.45) is 21.7 Å². The highest BCUT2D eigenvalue weighted by molar-refractivity contribution is 5.87. The topological polar surface area (TPSA) is 290 Å². The number of rotatable bonds is 52. The fourth-order valence-corrected chi connectivity index (χ4v) is 8.85. The van der Waals surface area contributed by atoms with Crippen LogP contribution in [0.5, 0.6) is 0 Å². The molecular weight excluding hydrogens is 1120 g/mol. The van der Waals surface area contributed by atoms with Crippen LogP contribution in [0.3, 0.4) is 0 Å². The van der Waals surface area contributed by atoms with E-state index in [-0.39, 0.29) is 153 Å². The molecule has 510 valence electrons. The van der Waals surface area contributed by atoms with Crippen LogP contribution >= 0.6 is 0 Å². The third kappa shape index (κ3) is 57.3. The summed E-state index contributed by atoms with van der Waals surface area (Å²) in [5.41, 5.74) is -0.637. The first-order valence-corrected chi connectivity index (χ1v) is 33.3. The van der Waals surface area contributed by atoms with E-state index in [2.05, 4.69) is 110 Å². The summed E-state index contributed by atoms with van der Waals surface area (Å²) < 4.78 is 18.1. The molecule has 21 heteroatoms. The third-order valence-electron chi connectivity index (χ3n) is 14.1. The lowest BCUT2D eigenvalue weighted by Gasteiger charge is -2.34. The fourth-order valence-electron chi connectivity index (χ4n) is 8.85. The third-order valence-corrected chi connectivity index (χ3v) is 14.1. The van der Waals surface area contributed by atoms with Crippen molar-refractivity contribution < 1.29 is 57.4 Å². The van der Waals surface area contributed by atoms with Crippen LogP contribution in [0.2, 0.25) is 0 Å². The van der Waals surface area contributed by atoms with E-state index >= 15 is 0 Å². The molecule has 0 saturated heterocycles. The first-order valence-electron chi connectivity index (χ1n) is 33.3. The van der Waals surface area contributed by atoms with E-state index in [1.165, 1.54) is 0 Å². The molecule has 0 unspecified atom stereocenters. The van der Waals surface area contributed by atoms with Crippen LogP contribution in [0.1, 0.15) is 244 Å². The largest absolute Gasteiger partial charge is 0.378 e. The SMILES string of the molecule is CC(C)(C)/C=C/C(=O)NCCCCCCNC(=O)CCCC(=O)NC(CCOCC(=O)NCCCNC(=O)CCCCC(C)(C)C)(COCCC(=O)NCCCNC(=O)CCCCC(C)(C)C)COCCC(=O)NCCCNC(=O)CCCCC(C)(C)C. The van der Waals surface area contributed by atoms with Gasteiger partial charge in [0.25, 0.3) is 0 Å². The molecule has 0 saturated carbocycles. The summed E-state index contributed by atoms with van der Waals surface area (Å²) in [6.07, 6.45) is 18.9. The maximum absolute atomic E-state index is 13.8. The molecule has 21 nitrogen and oxygen atoms in total. The summed E-state index contributed by atoms with van der Waals surface area (Å²) in [7, 11) is 0. The van der Waals surface area contributed by atoms with E-state index in [4.69, 9.17) is 14.2 Å². The Kier molecular flexibility index (Phi) is 45.8. The Morgan fingerprint density at radius 1 is 0.307 bits per heavy atom. The Labute approximate surface area is 531 Å². The van der Waals surface area contributed by atoms with Gasteiger partial charge in [-0.2, -0.15) is 0 Å². The van der Waals surface area contributed by atoms with Crippen LogP contribution in [0.25, 0.3) is 0 Å². The van der Waals surface area contributed by atoms with Gasteiger partial charge in [0.1, 0.15) is 6.61 Å². The molecule has 0 heterocycles. The second-order valence-electron chi connectivity index (χ2n) is 28.3. The minimum atomic E-state index is -1.25. The molecule has 0 aliphatic rings. The van der Waals surface area contributed by atoms with Crippen LogP contribution in [-0.4, -0.2) is 151 Å². The first-order chi connectivity index (χ1) is 41.4. The first kappa shape index (κ1) is 82.8. The molecule has 88 heavy (non-hydrogen) atoms. The lowest BCUT2D eigenvalue weighted by atomic mass is 9.89. The number of hydrogen-bond donors (Lipinski definition) is 9.